The SMILES string of the molecule is N#Cc1nccn(-c2cccc(OC(F)(F)F)c2)c1=O. The van der Waals surface area contributed by atoms with Crippen LogP contribution in [0.3, 0.4) is 0 Å². The minimum atomic E-state index is -4.82. The Balaban J connectivity index is 2.47. The van der Waals surface area contributed by atoms with Crippen molar-refractivity contribution in [3.8, 4) is 17.5 Å². The third-order valence-corrected chi connectivity index (χ3v) is 2.28. The number of nitrogens with zero attached hydrogens (tertiary/aromatic N) is 3. The first-order valence-electron chi connectivity index (χ1n) is 5.24. The predicted octanol–water partition coefficient (Wildman–Crippen LogP) is 2.00. The number of hydrogen-bond acceptors (Lipinski definition) is 4. The lowest BCUT2D eigenvalue weighted by Crippen LogP contribution is -2.22. The summed E-state index contributed by atoms with van der Waals surface area (Å²) in [5, 5.41) is 8.70. The van der Waals surface area contributed by atoms with E-state index in [-0.39, 0.29) is 11.4 Å². The summed E-state index contributed by atoms with van der Waals surface area (Å²) in [7, 11) is 0. The molecule has 1 heterocycles. The summed E-state index contributed by atoms with van der Waals surface area (Å²) in [6.07, 6.45) is -2.37. The lowest BCUT2D eigenvalue weighted by molar-refractivity contribution is -0.274. The lowest BCUT2D eigenvalue weighted by atomic mass is 10.3. The van der Waals surface area contributed by atoms with E-state index in [1.807, 2.05) is 0 Å². The van der Waals surface area contributed by atoms with Crippen LogP contribution < -0.4 is 10.3 Å². The summed E-state index contributed by atoms with van der Waals surface area (Å²) in [6, 6.07) is 6.46. The van der Waals surface area contributed by atoms with E-state index in [0.29, 0.717) is 0 Å². The molecule has 0 fully saturated rings. The van der Waals surface area contributed by atoms with E-state index in [1.165, 1.54) is 24.5 Å². The highest BCUT2D eigenvalue weighted by Gasteiger charge is 2.31. The Bertz CT molecular complexity index is 732. The molecule has 5 nitrogen and oxygen atoms in total. The first kappa shape index (κ1) is 13.6. The van der Waals surface area contributed by atoms with E-state index in [2.05, 4.69) is 9.72 Å². The molecule has 0 saturated carbocycles. The summed E-state index contributed by atoms with van der Waals surface area (Å²) in [5.74, 6) is -0.461. The number of alkyl halides is 3. The molecule has 1 aromatic heterocycles. The van der Waals surface area contributed by atoms with E-state index in [1.54, 1.807) is 6.07 Å². The molecule has 0 N–H and O–H groups in total. The summed E-state index contributed by atoms with van der Waals surface area (Å²) >= 11 is 0. The molecule has 0 radical (unpaired) electrons. The van der Waals surface area contributed by atoms with Gasteiger partial charge in [-0.05, 0) is 12.1 Å². The molecular weight excluding hydrogens is 275 g/mol. The normalized spacial score (nSPS) is 10.9. The lowest BCUT2D eigenvalue weighted by Gasteiger charge is -2.11. The van der Waals surface area contributed by atoms with E-state index >= 15 is 0 Å². The fraction of sp³-hybridized carbons (Fsp3) is 0.0833. The zero-order valence-corrected chi connectivity index (χ0v) is 9.76. The van der Waals surface area contributed by atoms with Crippen molar-refractivity contribution in [2.45, 2.75) is 6.36 Å². The second-order valence-electron chi connectivity index (χ2n) is 3.61. The molecule has 2 aromatic rings. The number of benzene rings is 1. The molecule has 0 amide bonds. The minimum absolute atomic E-state index is 0.135. The van der Waals surface area contributed by atoms with Crippen LogP contribution in [0.4, 0.5) is 13.2 Å². The van der Waals surface area contributed by atoms with Gasteiger partial charge in [-0.2, -0.15) is 5.26 Å². The maximum Gasteiger partial charge on any atom is 0.573 e. The van der Waals surface area contributed by atoms with Crippen molar-refractivity contribution in [3.63, 3.8) is 0 Å². The molecule has 0 spiro atoms. The zero-order chi connectivity index (χ0) is 14.8. The molecule has 102 valence electrons. The fourth-order valence-corrected chi connectivity index (χ4v) is 1.52. The number of ether oxygens (including phenoxy) is 1. The van der Waals surface area contributed by atoms with Crippen molar-refractivity contribution in [1.29, 1.82) is 5.26 Å². The first-order valence-corrected chi connectivity index (χ1v) is 5.24. The van der Waals surface area contributed by atoms with Crippen LogP contribution in [0.15, 0.2) is 41.5 Å². The number of nitriles is 1. The van der Waals surface area contributed by atoms with Crippen molar-refractivity contribution >= 4 is 0 Å². The van der Waals surface area contributed by atoms with Crippen LogP contribution in [0.5, 0.6) is 5.75 Å². The van der Waals surface area contributed by atoms with Crippen LogP contribution in [0.25, 0.3) is 5.69 Å². The van der Waals surface area contributed by atoms with Gasteiger partial charge in [-0.15, -0.1) is 13.2 Å². The highest BCUT2D eigenvalue weighted by atomic mass is 19.4. The van der Waals surface area contributed by atoms with Crippen LogP contribution in [0.2, 0.25) is 0 Å². The largest absolute Gasteiger partial charge is 0.573 e. The Morgan fingerprint density at radius 3 is 2.75 bits per heavy atom. The van der Waals surface area contributed by atoms with Crippen molar-refractivity contribution in [2.75, 3.05) is 0 Å². The van der Waals surface area contributed by atoms with Crippen LogP contribution in [-0.2, 0) is 0 Å². The maximum atomic E-state index is 12.1. The van der Waals surface area contributed by atoms with Crippen LogP contribution in [0, 0.1) is 11.3 Å². The second kappa shape index (κ2) is 5.05. The average molecular weight is 281 g/mol. The van der Waals surface area contributed by atoms with Gasteiger partial charge in [0.2, 0.25) is 5.69 Å². The quantitative estimate of drug-likeness (QED) is 0.844. The molecule has 0 atom stereocenters. The highest BCUT2D eigenvalue weighted by molar-refractivity contribution is 5.40. The zero-order valence-electron chi connectivity index (χ0n) is 9.76. The molecule has 1 aromatic carbocycles. The van der Waals surface area contributed by atoms with Gasteiger partial charge in [-0.1, -0.05) is 6.07 Å². The Hall–Kier alpha value is -2.82. The van der Waals surface area contributed by atoms with Crippen LogP contribution in [-0.4, -0.2) is 15.9 Å². The molecule has 0 aliphatic heterocycles. The van der Waals surface area contributed by atoms with Crippen molar-refractivity contribution in [3.05, 3.63) is 52.7 Å². The first-order chi connectivity index (χ1) is 9.40. The van der Waals surface area contributed by atoms with Gasteiger partial charge in [0, 0.05) is 18.5 Å². The Kier molecular flexibility index (Phi) is 3.43. The molecule has 2 rings (SSSR count). The van der Waals surface area contributed by atoms with E-state index < -0.39 is 17.7 Å². The Morgan fingerprint density at radius 1 is 1.35 bits per heavy atom. The molecule has 0 unspecified atom stereocenters. The number of rotatable bonds is 2. The Morgan fingerprint density at radius 2 is 2.10 bits per heavy atom. The van der Waals surface area contributed by atoms with Gasteiger partial charge in [0.05, 0.1) is 5.69 Å². The topological polar surface area (TPSA) is 67.9 Å². The van der Waals surface area contributed by atoms with Crippen molar-refractivity contribution in [2.24, 2.45) is 0 Å². The minimum Gasteiger partial charge on any atom is -0.406 e. The van der Waals surface area contributed by atoms with Gasteiger partial charge in [-0.25, -0.2) is 4.98 Å². The summed E-state index contributed by atoms with van der Waals surface area (Å²) in [6.45, 7) is 0. The third-order valence-electron chi connectivity index (χ3n) is 2.28. The monoisotopic (exact) mass is 281 g/mol. The third kappa shape index (κ3) is 2.95. The Labute approximate surface area is 110 Å². The molecule has 0 aliphatic rings. The fourth-order valence-electron chi connectivity index (χ4n) is 1.52. The smallest absolute Gasteiger partial charge is 0.406 e. The molecule has 0 aliphatic carbocycles. The maximum absolute atomic E-state index is 12.1. The molecular formula is C12H6F3N3O2. The molecule has 8 heteroatoms. The van der Waals surface area contributed by atoms with Gasteiger partial charge < -0.3 is 4.74 Å². The van der Waals surface area contributed by atoms with E-state index in [0.717, 1.165) is 16.7 Å². The standard InChI is InChI=1S/C12H6F3N3O2/c13-12(14,15)20-9-3-1-2-8(6-9)18-5-4-17-10(7-16)11(18)19/h1-6H. The van der Waals surface area contributed by atoms with Crippen molar-refractivity contribution in [1.82, 2.24) is 9.55 Å². The molecule has 20 heavy (non-hydrogen) atoms. The van der Waals surface area contributed by atoms with Gasteiger partial charge in [0.15, 0.2) is 0 Å². The van der Waals surface area contributed by atoms with Gasteiger partial charge >= 0.3 is 6.36 Å². The van der Waals surface area contributed by atoms with Gasteiger partial charge in [0.25, 0.3) is 5.56 Å². The number of aromatic nitrogens is 2. The summed E-state index contributed by atoms with van der Waals surface area (Å²) in [4.78, 5) is 15.4. The van der Waals surface area contributed by atoms with Gasteiger partial charge in [0.1, 0.15) is 11.8 Å². The molecule has 0 bridgehead atoms. The summed E-state index contributed by atoms with van der Waals surface area (Å²) < 4.78 is 41.2. The highest BCUT2D eigenvalue weighted by Crippen LogP contribution is 2.24. The van der Waals surface area contributed by atoms with Gasteiger partial charge in [-0.3, -0.25) is 9.36 Å². The van der Waals surface area contributed by atoms with E-state index in [9.17, 15) is 18.0 Å². The summed E-state index contributed by atoms with van der Waals surface area (Å²) in [5.41, 5.74) is -0.940. The van der Waals surface area contributed by atoms with Crippen LogP contribution >= 0.6 is 0 Å². The average Bonchev–Trinajstić information content (AvgIpc) is 2.37. The number of hydrogen-bond donors (Lipinski definition) is 0. The second-order valence-corrected chi connectivity index (χ2v) is 3.61. The van der Waals surface area contributed by atoms with Crippen molar-refractivity contribution < 1.29 is 17.9 Å². The number of halogens is 3. The molecule has 0 saturated heterocycles. The predicted molar refractivity (Wildman–Crippen MR) is 61.2 cm³/mol. The van der Waals surface area contributed by atoms with E-state index in [4.69, 9.17) is 5.26 Å². The van der Waals surface area contributed by atoms with Crippen LogP contribution in [0.1, 0.15) is 5.69 Å².